The third-order valence-electron chi connectivity index (χ3n) is 3.21. The van der Waals surface area contributed by atoms with E-state index in [1.807, 2.05) is 0 Å². The molecule has 0 bridgehead atoms. The number of nitrogens with zero attached hydrogens (tertiary/aromatic N) is 1. The molecule has 0 saturated heterocycles. The molecule has 7 heteroatoms. The molecule has 0 radical (unpaired) electrons. The molecule has 0 N–H and O–H groups in total. The molecule has 2 aromatic rings. The maximum absolute atomic E-state index is 13.1. The average molecular weight is 408 g/mol. The van der Waals surface area contributed by atoms with Gasteiger partial charge in [-0.05, 0) is 0 Å². The van der Waals surface area contributed by atoms with E-state index in [0.29, 0.717) is 27.5 Å². The van der Waals surface area contributed by atoms with Crippen LogP contribution in [0.2, 0.25) is 0 Å². The molecule has 0 saturated carbocycles. The molecule has 0 heterocycles. The number of carbonyl (C=O) groups is 1. The average Bonchev–Trinajstić information content (AvgIpc) is 2.55. The van der Waals surface area contributed by atoms with Crippen molar-refractivity contribution >= 4 is 41.1 Å². The van der Waals surface area contributed by atoms with Crippen molar-refractivity contribution in [3.05, 3.63) is 65.5 Å². The first-order valence-electron chi connectivity index (χ1n) is 6.68. The van der Waals surface area contributed by atoms with Gasteiger partial charge in [-0.15, -0.1) is 0 Å². The fourth-order valence-corrected chi connectivity index (χ4v) is 3.98. The molecule has 0 aliphatic heterocycles. The van der Waals surface area contributed by atoms with E-state index in [1.165, 1.54) is 36.4 Å². The predicted molar refractivity (Wildman–Crippen MR) is 90.2 cm³/mol. The number of rotatable bonds is 5. The molecule has 24 heavy (non-hydrogen) atoms. The second-order valence-corrected chi connectivity index (χ2v) is 8.54. The molecule has 122 valence electrons. The molecule has 0 aromatic heterocycles. The van der Waals surface area contributed by atoms with Gasteiger partial charge in [0.2, 0.25) is 0 Å². The number of benzene rings is 2. The van der Waals surface area contributed by atoms with Crippen LogP contribution >= 0.6 is 0 Å². The first-order chi connectivity index (χ1) is 11.4. The molecule has 0 aliphatic carbocycles. The second kappa shape index (κ2) is 7.54. The van der Waals surface area contributed by atoms with Gasteiger partial charge in [0.25, 0.3) is 0 Å². The maximum atomic E-state index is 13.1. The van der Waals surface area contributed by atoms with E-state index in [2.05, 4.69) is 4.97 Å². The summed E-state index contributed by atoms with van der Waals surface area (Å²) in [7, 11) is -3.33. The summed E-state index contributed by atoms with van der Waals surface area (Å²) in [4.78, 5) is 13.8. The third-order valence-corrected chi connectivity index (χ3v) is 5.91. The summed E-state index contributed by atoms with van der Waals surface area (Å²) < 4.78 is 36.7. The van der Waals surface area contributed by atoms with Crippen molar-refractivity contribution in [3.8, 4) is 4.97 Å². The van der Waals surface area contributed by atoms with Crippen molar-refractivity contribution in [3.63, 3.8) is 0 Å². The van der Waals surface area contributed by atoms with E-state index in [-0.39, 0.29) is 4.90 Å². The predicted octanol–water partition coefficient (Wildman–Crippen LogP) is 2.48. The van der Waals surface area contributed by atoms with Crippen LogP contribution in [0.3, 0.4) is 0 Å². The van der Waals surface area contributed by atoms with Crippen molar-refractivity contribution in [2.45, 2.75) is 4.90 Å². The Morgan fingerprint density at radius 2 is 1.62 bits per heavy atom. The first kappa shape index (κ1) is 18.1. The molecule has 0 amide bonds. The van der Waals surface area contributed by atoms with Crippen LogP contribution in [0.4, 0.5) is 4.39 Å². The summed E-state index contributed by atoms with van der Waals surface area (Å²) in [6.45, 7) is 0. The van der Waals surface area contributed by atoms with E-state index in [0.717, 1.165) is 6.26 Å². The normalized spacial score (nSPS) is 12.2. The number of hydrogen-bond donors (Lipinski definition) is 0. The fourth-order valence-electron chi connectivity index (χ4n) is 2.05. The number of halogens is 1. The molecular formula is C17H12FNO3SSe. The van der Waals surface area contributed by atoms with Crippen molar-refractivity contribution in [1.29, 1.82) is 5.26 Å². The Bertz CT molecular complexity index is 927. The van der Waals surface area contributed by atoms with Crippen molar-refractivity contribution < 1.29 is 17.6 Å². The van der Waals surface area contributed by atoms with Gasteiger partial charge in [0.1, 0.15) is 0 Å². The van der Waals surface area contributed by atoms with E-state index < -0.39 is 30.6 Å². The summed E-state index contributed by atoms with van der Waals surface area (Å²) in [5.74, 6) is -0.422. The Labute approximate surface area is 145 Å². The van der Waals surface area contributed by atoms with E-state index in [4.69, 9.17) is 5.26 Å². The van der Waals surface area contributed by atoms with Gasteiger partial charge in [0, 0.05) is 0 Å². The molecule has 0 atom stereocenters. The number of allylic oxidation sites excluding steroid dienone is 1. The van der Waals surface area contributed by atoms with Gasteiger partial charge in [-0.1, -0.05) is 0 Å². The second-order valence-electron chi connectivity index (χ2n) is 4.86. The molecule has 4 nitrogen and oxygen atoms in total. The fraction of sp³-hybridized carbons (Fsp3) is 0.0588. The van der Waals surface area contributed by atoms with Crippen LogP contribution in [0, 0.1) is 16.0 Å². The number of sulfone groups is 1. The van der Waals surface area contributed by atoms with Gasteiger partial charge in [0.15, 0.2) is 0 Å². The zero-order valence-corrected chi connectivity index (χ0v) is 15.1. The molecule has 0 spiro atoms. The van der Waals surface area contributed by atoms with E-state index >= 15 is 0 Å². The van der Waals surface area contributed by atoms with Crippen LogP contribution in [0.1, 0.15) is 11.1 Å². The summed E-state index contributed by atoms with van der Waals surface area (Å²) in [6, 6.07) is 11.4. The monoisotopic (exact) mass is 409 g/mol. The Hall–Kier alpha value is -2.26. The summed E-state index contributed by atoms with van der Waals surface area (Å²) >= 11 is -0.656. The van der Waals surface area contributed by atoms with E-state index in [1.54, 1.807) is 12.1 Å². The van der Waals surface area contributed by atoms with Gasteiger partial charge in [-0.3, -0.25) is 0 Å². The van der Waals surface area contributed by atoms with Crippen molar-refractivity contribution in [2.75, 3.05) is 6.26 Å². The SMILES string of the molecule is CS(=O)(=O)c1ccc(/C([Se]C#N)=C(/C=O)c2ccc(F)cc2)cc1. The van der Waals surface area contributed by atoms with Gasteiger partial charge in [0.05, 0.1) is 0 Å². The van der Waals surface area contributed by atoms with Gasteiger partial charge in [-0.2, -0.15) is 0 Å². The van der Waals surface area contributed by atoms with Crippen LogP contribution in [0.15, 0.2) is 53.4 Å². The molecule has 0 fully saturated rings. The van der Waals surface area contributed by atoms with E-state index in [9.17, 15) is 17.6 Å². The molecular weight excluding hydrogens is 396 g/mol. The number of nitriles is 1. The third kappa shape index (κ3) is 4.18. The Kier molecular flexibility index (Phi) is 5.68. The number of aldehydes is 1. The molecule has 0 unspecified atom stereocenters. The summed E-state index contributed by atoms with van der Waals surface area (Å²) in [6.07, 6.45) is 1.74. The summed E-state index contributed by atoms with van der Waals surface area (Å²) in [5, 5.41) is 9.09. The number of carbonyl (C=O) groups excluding carboxylic acids is 1. The van der Waals surface area contributed by atoms with Crippen LogP contribution in [-0.4, -0.2) is 35.9 Å². The standard InChI is InChI=1S/C17H12FNO3SSe/c1-23(21,22)15-8-4-13(5-9-15)17(24-11-19)16(10-20)12-2-6-14(18)7-3-12/h2-10H,1H3/b17-16+. The van der Waals surface area contributed by atoms with Gasteiger partial charge < -0.3 is 0 Å². The van der Waals surface area contributed by atoms with Crippen LogP contribution < -0.4 is 0 Å². The van der Waals surface area contributed by atoms with Crippen LogP contribution in [0.25, 0.3) is 10.0 Å². The first-order valence-corrected chi connectivity index (χ1v) is 10.3. The molecule has 0 aliphatic rings. The minimum atomic E-state index is -3.33. The minimum absolute atomic E-state index is 0.157. The molecule has 2 rings (SSSR count). The topological polar surface area (TPSA) is 75.0 Å². The Morgan fingerprint density at radius 1 is 1.08 bits per heavy atom. The van der Waals surface area contributed by atoms with Gasteiger partial charge >= 0.3 is 146 Å². The van der Waals surface area contributed by atoms with Crippen molar-refractivity contribution in [1.82, 2.24) is 0 Å². The van der Waals surface area contributed by atoms with Crippen LogP contribution in [0.5, 0.6) is 0 Å². The molecule has 2 aromatic carbocycles. The quantitative estimate of drug-likeness (QED) is 0.330. The Morgan fingerprint density at radius 3 is 2.08 bits per heavy atom. The number of hydrogen-bond acceptors (Lipinski definition) is 4. The van der Waals surface area contributed by atoms with Gasteiger partial charge in [-0.25, -0.2) is 0 Å². The van der Waals surface area contributed by atoms with Crippen LogP contribution in [-0.2, 0) is 14.6 Å². The zero-order valence-electron chi connectivity index (χ0n) is 12.6. The summed E-state index contributed by atoms with van der Waals surface area (Å²) in [5.41, 5.74) is 1.39. The van der Waals surface area contributed by atoms with Crippen molar-refractivity contribution in [2.24, 2.45) is 0 Å². The Balaban J connectivity index is 2.60. The zero-order chi connectivity index (χ0) is 17.7.